The quantitative estimate of drug-likeness (QED) is 0.363. The van der Waals surface area contributed by atoms with E-state index in [0.29, 0.717) is 17.1 Å². The molecular formula is C30H36ClN3O4S. The minimum Gasteiger partial charge on any atom is -0.350 e. The largest absolute Gasteiger partial charge is 0.350 e. The van der Waals surface area contributed by atoms with Crippen molar-refractivity contribution < 1.29 is 18.0 Å². The van der Waals surface area contributed by atoms with Crippen LogP contribution in [-0.4, -0.2) is 49.8 Å². The van der Waals surface area contributed by atoms with Gasteiger partial charge in [-0.1, -0.05) is 59.6 Å². The molecule has 3 aromatic carbocycles. The van der Waals surface area contributed by atoms with Crippen molar-refractivity contribution in [3.8, 4) is 0 Å². The van der Waals surface area contributed by atoms with Crippen LogP contribution in [0.5, 0.6) is 0 Å². The predicted octanol–water partition coefficient (Wildman–Crippen LogP) is 5.22. The molecule has 1 atom stereocenters. The maximum absolute atomic E-state index is 13.9. The number of sulfonamides is 1. The van der Waals surface area contributed by atoms with E-state index < -0.39 is 34.1 Å². The van der Waals surface area contributed by atoms with Gasteiger partial charge in [0.25, 0.3) is 10.0 Å². The highest BCUT2D eigenvalue weighted by atomic mass is 35.5. The summed E-state index contributed by atoms with van der Waals surface area (Å²) in [5.74, 6) is -0.809. The normalized spacial score (nSPS) is 12.5. The molecule has 0 bridgehead atoms. The summed E-state index contributed by atoms with van der Waals surface area (Å²) in [6.45, 7) is 8.87. The first-order valence-corrected chi connectivity index (χ1v) is 14.6. The van der Waals surface area contributed by atoms with E-state index in [1.54, 1.807) is 43.3 Å². The molecule has 9 heteroatoms. The Hall–Kier alpha value is -3.36. The third-order valence-electron chi connectivity index (χ3n) is 6.15. The second-order valence-corrected chi connectivity index (χ2v) is 12.8. The Balaban J connectivity index is 1.98. The number of benzene rings is 3. The molecule has 3 aromatic rings. The van der Waals surface area contributed by atoms with Crippen LogP contribution in [0.2, 0.25) is 5.02 Å². The van der Waals surface area contributed by atoms with Crippen LogP contribution in [0.1, 0.15) is 38.8 Å². The number of anilines is 1. The fraction of sp³-hybridized carbons (Fsp3) is 0.333. The zero-order chi connectivity index (χ0) is 28.8. The SMILES string of the molecule is Cc1ccc(S(=O)(=O)N(CC(=O)N(CCc2ccccc2)[C@H](C)C(=O)NC(C)(C)C)c2ccc(Cl)cc2)cc1. The van der Waals surface area contributed by atoms with E-state index in [4.69, 9.17) is 11.6 Å². The van der Waals surface area contributed by atoms with Gasteiger partial charge in [0.05, 0.1) is 10.6 Å². The van der Waals surface area contributed by atoms with Crippen LogP contribution < -0.4 is 9.62 Å². The van der Waals surface area contributed by atoms with E-state index in [1.165, 1.54) is 17.0 Å². The van der Waals surface area contributed by atoms with E-state index in [2.05, 4.69) is 5.32 Å². The Labute approximate surface area is 236 Å². The number of rotatable bonds is 10. The van der Waals surface area contributed by atoms with Crippen LogP contribution in [0.3, 0.4) is 0 Å². The molecule has 0 saturated carbocycles. The molecule has 0 aliphatic carbocycles. The van der Waals surface area contributed by atoms with Gasteiger partial charge in [0, 0.05) is 17.1 Å². The van der Waals surface area contributed by atoms with Crippen LogP contribution in [0, 0.1) is 6.92 Å². The number of halogens is 1. The van der Waals surface area contributed by atoms with Gasteiger partial charge >= 0.3 is 0 Å². The fourth-order valence-electron chi connectivity index (χ4n) is 4.02. The molecule has 0 unspecified atom stereocenters. The number of nitrogens with one attached hydrogen (secondary N) is 1. The average molecular weight is 570 g/mol. The molecule has 0 radical (unpaired) electrons. The van der Waals surface area contributed by atoms with E-state index >= 15 is 0 Å². The topological polar surface area (TPSA) is 86.8 Å². The molecule has 0 aliphatic heterocycles. The molecule has 2 amide bonds. The van der Waals surface area contributed by atoms with Gasteiger partial charge in [-0.3, -0.25) is 13.9 Å². The summed E-state index contributed by atoms with van der Waals surface area (Å²) in [6.07, 6.45) is 0.505. The van der Waals surface area contributed by atoms with Crippen LogP contribution in [0.25, 0.3) is 0 Å². The van der Waals surface area contributed by atoms with E-state index in [0.717, 1.165) is 15.4 Å². The lowest BCUT2D eigenvalue weighted by molar-refractivity contribution is -0.139. The first-order chi connectivity index (χ1) is 18.3. The second kappa shape index (κ2) is 12.7. The molecule has 0 spiro atoms. The van der Waals surface area contributed by atoms with Crippen molar-refractivity contribution in [1.29, 1.82) is 0 Å². The molecule has 0 aliphatic rings. The average Bonchev–Trinajstić information content (AvgIpc) is 2.87. The summed E-state index contributed by atoms with van der Waals surface area (Å²) in [5.41, 5.74) is 1.71. The third kappa shape index (κ3) is 8.31. The lowest BCUT2D eigenvalue weighted by atomic mass is 10.1. The highest BCUT2D eigenvalue weighted by Crippen LogP contribution is 2.26. The zero-order valence-corrected chi connectivity index (χ0v) is 24.6. The standard InChI is InChI=1S/C30H36ClN3O4S/c1-22-11-17-27(18-12-22)39(37,38)34(26-15-13-25(31)14-16-26)21-28(35)33(20-19-24-9-7-6-8-10-24)23(2)29(36)32-30(3,4)5/h6-18,23H,19-21H2,1-5H3,(H,32,36)/t23-/m1/s1. The number of hydrogen-bond acceptors (Lipinski definition) is 4. The van der Waals surface area contributed by atoms with Crippen molar-refractivity contribution in [1.82, 2.24) is 10.2 Å². The third-order valence-corrected chi connectivity index (χ3v) is 8.19. The maximum atomic E-state index is 13.9. The first-order valence-electron chi connectivity index (χ1n) is 12.8. The Morgan fingerprint density at radius 2 is 1.51 bits per heavy atom. The summed E-state index contributed by atoms with van der Waals surface area (Å²) in [6, 6.07) is 21.5. The van der Waals surface area contributed by atoms with E-state index in [1.807, 2.05) is 58.0 Å². The highest BCUT2D eigenvalue weighted by molar-refractivity contribution is 7.92. The van der Waals surface area contributed by atoms with Crippen LogP contribution in [0.15, 0.2) is 83.8 Å². The van der Waals surface area contributed by atoms with Crippen molar-refractivity contribution in [2.24, 2.45) is 0 Å². The Kier molecular flexibility index (Phi) is 9.80. The van der Waals surface area contributed by atoms with Gasteiger partial charge in [-0.15, -0.1) is 0 Å². The van der Waals surface area contributed by atoms with Crippen molar-refractivity contribution >= 4 is 39.1 Å². The van der Waals surface area contributed by atoms with Gasteiger partial charge in [-0.2, -0.15) is 0 Å². The molecule has 3 rings (SSSR count). The Morgan fingerprint density at radius 1 is 0.923 bits per heavy atom. The summed E-state index contributed by atoms with van der Waals surface area (Å²) >= 11 is 6.06. The van der Waals surface area contributed by atoms with Crippen molar-refractivity contribution in [3.05, 3.63) is 95.0 Å². The van der Waals surface area contributed by atoms with Crippen molar-refractivity contribution in [2.45, 2.75) is 57.5 Å². The second-order valence-electron chi connectivity index (χ2n) is 10.5. The minimum absolute atomic E-state index is 0.0604. The maximum Gasteiger partial charge on any atom is 0.264 e. The van der Waals surface area contributed by atoms with Crippen molar-refractivity contribution in [2.75, 3.05) is 17.4 Å². The summed E-state index contributed by atoms with van der Waals surface area (Å²) in [7, 11) is -4.11. The lowest BCUT2D eigenvalue weighted by Gasteiger charge is -2.33. The number of nitrogens with zero attached hydrogens (tertiary/aromatic N) is 2. The van der Waals surface area contributed by atoms with Crippen LogP contribution >= 0.6 is 11.6 Å². The summed E-state index contributed by atoms with van der Waals surface area (Å²) in [5, 5.41) is 3.37. The summed E-state index contributed by atoms with van der Waals surface area (Å²) < 4.78 is 28.7. The Morgan fingerprint density at radius 3 is 2.08 bits per heavy atom. The molecule has 1 N–H and O–H groups in total. The molecular weight excluding hydrogens is 534 g/mol. The van der Waals surface area contributed by atoms with Gasteiger partial charge in [0.2, 0.25) is 11.8 Å². The minimum atomic E-state index is -4.11. The molecule has 7 nitrogen and oxygen atoms in total. The zero-order valence-electron chi connectivity index (χ0n) is 23.0. The summed E-state index contributed by atoms with van der Waals surface area (Å²) in [4.78, 5) is 28.5. The van der Waals surface area contributed by atoms with Crippen molar-refractivity contribution in [3.63, 3.8) is 0 Å². The van der Waals surface area contributed by atoms with Gasteiger partial charge in [0.1, 0.15) is 12.6 Å². The molecule has 0 fully saturated rings. The van der Waals surface area contributed by atoms with E-state index in [-0.39, 0.29) is 17.3 Å². The predicted molar refractivity (Wildman–Crippen MR) is 156 cm³/mol. The molecule has 0 aromatic heterocycles. The number of carbonyl (C=O) groups excluding carboxylic acids is 2. The number of aryl methyl sites for hydroxylation is 1. The Bertz CT molecular complexity index is 1370. The molecule has 0 saturated heterocycles. The molecule has 208 valence electrons. The fourth-order valence-corrected chi connectivity index (χ4v) is 5.56. The number of hydrogen-bond donors (Lipinski definition) is 1. The van der Waals surface area contributed by atoms with Crippen LogP contribution in [0.4, 0.5) is 5.69 Å². The smallest absolute Gasteiger partial charge is 0.264 e. The van der Waals surface area contributed by atoms with Crippen LogP contribution in [-0.2, 0) is 26.0 Å². The number of carbonyl (C=O) groups is 2. The number of amides is 2. The van der Waals surface area contributed by atoms with Gasteiger partial charge < -0.3 is 10.2 Å². The molecule has 0 heterocycles. The molecule has 39 heavy (non-hydrogen) atoms. The highest BCUT2D eigenvalue weighted by Gasteiger charge is 2.33. The first kappa shape index (κ1) is 30.2. The monoisotopic (exact) mass is 569 g/mol. The van der Waals surface area contributed by atoms with Gasteiger partial charge in [-0.05, 0) is 83.0 Å². The van der Waals surface area contributed by atoms with E-state index in [9.17, 15) is 18.0 Å². The van der Waals surface area contributed by atoms with Gasteiger partial charge in [-0.25, -0.2) is 8.42 Å². The lowest BCUT2D eigenvalue weighted by Crippen LogP contribution is -2.55. The van der Waals surface area contributed by atoms with Gasteiger partial charge in [0.15, 0.2) is 0 Å².